The molecular formula is C15H12N2O. The van der Waals surface area contributed by atoms with E-state index in [1.165, 1.54) is 16.3 Å². The van der Waals surface area contributed by atoms with Crippen molar-refractivity contribution in [3.8, 4) is 0 Å². The summed E-state index contributed by atoms with van der Waals surface area (Å²) in [6, 6.07) is 10.6. The van der Waals surface area contributed by atoms with Gasteiger partial charge in [0.1, 0.15) is 5.52 Å². The number of fused-ring (bicyclic) bond motifs is 4. The van der Waals surface area contributed by atoms with E-state index in [9.17, 15) is 0 Å². The van der Waals surface area contributed by atoms with Gasteiger partial charge < -0.3 is 9.40 Å². The van der Waals surface area contributed by atoms with Gasteiger partial charge in [-0.15, -0.1) is 0 Å². The van der Waals surface area contributed by atoms with Crippen molar-refractivity contribution in [2.24, 2.45) is 0 Å². The summed E-state index contributed by atoms with van der Waals surface area (Å²) in [6.45, 7) is 3.98. The van der Waals surface area contributed by atoms with Crippen molar-refractivity contribution in [3.05, 3.63) is 41.8 Å². The maximum absolute atomic E-state index is 5.56. The van der Waals surface area contributed by atoms with Gasteiger partial charge in [-0.05, 0) is 25.1 Å². The standard InChI is InChI=1S/C15H12N2O/c1-8-3-4-12-10(5-8)11-6-14-15(7-13(11)17-12)18-9(2)16-14/h3-7,17H,1-2H3. The van der Waals surface area contributed by atoms with Crippen LogP contribution < -0.4 is 0 Å². The van der Waals surface area contributed by atoms with Crippen LogP contribution in [0.3, 0.4) is 0 Å². The van der Waals surface area contributed by atoms with Crippen molar-refractivity contribution in [3.63, 3.8) is 0 Å². The SMILES string of the molecule is Cc1ccc2[nH]c3cc4oc(C)nc4cc3c2c1. The van der Waals surface area contributed by atoms with E-state index in [1.54, 1.807) is 0 Å². The van der Waals surface area contributed by atoms with Crippen LogP contribution in [0.2, 0.25) is 0 Å². The Balaban J connectivity index is 2.23. The molecule has 0 amide bonds. The number of aromatic amines is 1. The fourth-order valence-electron chi connectivity index (χ4n) is 2.55. The lowest BCUT2D eigenvalue weighted by atomic mass is 10.1. The first-order valence-corrected chi connectivity index (χ1v) is 6.00. The largest absolute Gasteiger partial charge is 0.441 e. The summed E-state index contributed by atoms with van der Waals surface area (Å²) in [5.74, 6) is 0.707. The van der Waals surface area contributed by atoms with E-state index < -0.39 is 0 Å². The molecule has 0 saturated heterocycles. The van der Waals surface area contributed by atoms with E-state index in [0.29, 0.717) is 5.89 Å². The first-order valence-electron chi connectivity index (χ1n) is 6.00. The number of aromatic nitrogens is 2. The highest BCUT2D eigenvalue weighted by Gasteiger charge is 2.09. The zero-order chi connectivity index (χ0) is 12.3. The molecule has 3 nitrogen and oxygen atoms in total. The van der Waals surface area contributed by atoms with Crippen molar-refractivity contribution in [2.45, 2.75) is 13.8 Å². The monoisotopic (exact) mass is 236 g/mol. The van der Waals surface area contributed by atoms with Gasteiger partial charge in [-0.3, -0.25) is 0 Å². The minimum absolute atomic E-state index is 0.707. The van der Waals surface area contributed by atoms with Gasteiger partial charge >= 0.3 is 0 Å². The number of nitrogens with zero attached hydrogens (tertiary/aromatic N) is 1. The lowest BCUT2D eigenvalue weighted by molar-refractivity contribution is 0.561. The minimum atomic E-state index is 0.707. The van der Waals surface area contributed by atoms with Crippen molar-refractivity contribution in [2.75, 3.05) is 0 Å². The number of benzene rings is 2. The fourth-order valence-corrected chi connectivity index (χ4v) is 2.55. The average Bonchev–Trinajstić information content (AvgIpc) is 2.85. The number of H-pyrrole nitrogens is 1. The van der Waals surface area contributed by atoms with E-state index in [-0.39, 0.29) is 0 Å². The van der Waals surface area contributed by atoms with Crippen LogP contribution in [0.5, 0.6) is 0 Å². The molecule has 0 unspecified atom stereocenters. The predicted octanol–water partition coefficient (Wildman–Crippen LogP) is 4.08. The molecule has 0 bridgehead atoms. The summed E-state index contributed by atoms with van der Waals surface area (Å²) in [5.41, 5.74) is 5.27. The summed E-state index contributed by atoms with van der Waals surface area (Å²) in [7, 11) is 0. The Kier molecular flexibility index (Phi) is 1.69. The molecule has 4 aromatic rings. The molecule has 2 heterocycles. The molecule has 4 rings (SSSR count). The van der Waals surface area contributed by atoms with Crippen LogP contribution in [0, 0.1) is 13.8 Å². The van der Waals surface area contributed by atoms with E-state index in [0.717, 1.165) is 22.1 Å². The molecule has 0 fully saturated rings. The lowest BCUT2D eigenvalue weighted by Gasteiger charge is -1.93. The average molecular weight is 236 g/mol. The molecule has 0 atom stereocenters. The Hall–Kier alpha value is -2.29. The molecule has 0 radical (unpaired) electrons. The molecule has 0 aliphatic rings. The van der Waals surface area contributed by atoms with Crippen molar-refractivity contribution < 1.29 is 4.42 Å². The number of oxazole rings is 1. The zero-order valence-electron chi connectivity index (χ0n) is 10.2. The zero-order valence-corrected chi connectivity index (χ0v) is 10.2. The minimum Gasteiger partial charge on any atom is -0.441 e. The number of rotatable bonds is 0. The van der Waals surface area contributed by atoms with E-state index in [1.807, 2.05) is 13.0 Å². The van der Waals surface area contributed by atoms with Gasteiger partial charge in [0.2, 0.25) is 0 Å². The highest BCUT2D eigenvalue weighted by molar-refractivity contribution is 6.10. The third kappa shape index (κ3) is 1.21. The van der Waals surface area contributed by atoms with Gasteiger partial charge in [0.25, 0.3) is 0 Å². The van der Waals surface area contributed by atoms with E-state index in [2.05, 4.69) is 41.2 Å². The molecule has 0 saturated carbocycles. The van der Waals surface area contributed by atoms with Gasteiger partial charge in [0.05, 0.1) is 5.52 Å². The smallest absolute Gasteiger partial charge is 0.192 e. The van der Waals surface area contributed by atoms with Gasteiger partial charge in [-0.25, -0.2) is 4.98 Å². The predicted molar refractivity (Wildman–Crippen MR) is 72.8 cm³/mol. The molecule has 0 aliphatic heterocycles. The van der Waals surface area contributed by atoms with Crippen LogP contribution >= 0.6 is 0 Å². The van der Waals surface area contributed by atoms with E-state index in [4.69, 9.17) is 4.42 Å². The normalized spacial score (nSPS) is 11.9. The molecule has 1 N–H and O–H groups in total. The Bertz CT molecular complexity index is 899. The van der Waals surface area contributed by atoms with Crippen LogP contribution in [0.1, 0.15) is 11.5 Å². The maximum Gasteiger partial charge on any atom is 0.192 e. The topological polar surface area (TPSA) is 41.8 Å². The summed E-state index contributed by atoms with van der Waals surface area (Å²) in [6.07, 6.45) is 0. The van der Waals surface area contributed by atoms with Crippen LogP contribution in [0.15, 0.2) is 34.7 Å². The summed E-state index contributed by atoms with van der Waals surface area (Å²) in [4.78, 5) is 7.81. The number of aryl methyl sites for hydroxylation is 2. The second-order valence-corrected chi connectivity index (χ2v) is 4.77. The van der Waals surface area contributed by atoms with Gasteiger partial charge in [0, 0.05) is 29.3 Å². The fraction of sp³-hybridized carbons (Fsp3) is 0.133. The van der Waals surface area contributed by atoms with Crippen molar-refractivity contribution >= 4 is 32.9 Å². The quantitative estimate of drug-likeness (QED) is 0.500. The van der Waals surface area contributed by atoms with Crippen LogP contribution in [-0.4, -0.2) is 9.97 Å². The molecule has 2 aromatic carbocycles. The summed E-state index contributed by atoms with van der Waals surface area (Å²) < 4.78 is 5.56. The number of hydrogen-bond donors (Lipinski definition) is 1. The second kappa shape index (κ2) is 3.13. The van der Waals surface area contributed by atoms with Gasteiger partial charge in [-0.1, -0.05) is 11.6 Å². The van der Waals surface area contributed by atoms with Crippen molar-refractivity contribution in [1.29, 1.82) is 0 Å². The van der Waals surface area contributed by atoms with Crippen molar-refractivity contribution in [1.82, 2.24) is 9.97 Å². The van der Waals surface area contributed by atoms with Gasteiger partial charge in [-0.2, -0.15) is 0 Å². The summed E-state index contributed by atoms with van der Waals surface area (Å²) >= 11 is 0. The molecule has 88 valence electrons. The molecule has 0 aliphatic carbocycles. The highest BCUT2D eigenvalue weighted by Crippen LogP contribution is 2.30. The third-order valence-electron chi connectivity index (χ3n) is 3.37. The Labute approximate surface area is 103 Å². The van der Waals surface area contributed by atoms with Gasteiger partial charge in [0.15, 0.2) is 11.5 Å². The molecule has 18 heavy (non-hydrogen) atoms. The summed E-state index contributed by atoms with van der Waals surface area (Å²) in [5, 5.41) is 2.45. The van der Waals surface area contributed by atoms with Crippen LogP contribution in [0.4, 0.5) is 0 Å². The maximum atomic E-state index is 5.56. The van der Waals surface area contributed by atoms with E-state index >= 15 is 0 Å². The third-order valence-corrected chi connectivity index (χ3v) is 3.37. The Morgan fingerprint density at radius 3 is 2.72 bits per heavy atom. The number of nitrogens with one attached hydrogen (secondary N) is 1. The number of hydrogen-bond acceptors (Lipinski definition) is 2. The first-order chi connectivity index (χ1) is 8.70. The molecule has 3 heteroatoms. The molecule has 2 aromatic heterocycles. The second-order valence-electron chi connectivity index (χ2n) is 4.77. The first kappa shape index (κ1) is 9.71. The Morgan fingerprint density at radius 1 is 1.00 bits per heavy atom. The van der Waals surface area contributed by atoms with Crippen LogP contribution in [0.25, 0.3) is 32.9 Å². The lowest BCUT2D eigenvalue weighted by Crippen LogP contribution is -1.72. The van der Waals surface area contributed by atoms with Crippen LogP contribution in [-0.2, 0) is 0 Å². The highest BCUT2D eigenvalue weighted by atomic mass is 16.3. The Morgan fingerprint density at radius 2 is 1.83 bits per heavy atom. The molecule has 0 spiro atoms. The molecular weight excluding hydrogens is 224 g/mol.